The highest BCUT2D eigenvalue weighted by Crippen LogP contribution is 2.31. The fraction of sp³-hybridized carbons (Fsp3) is 0.0833. The summed E-state index contributed by atoms with van der Waals surface area (Å²) in [4.78, 5) is 5.51. The van der Waals surface area contributed by atoms with Crippen molar-refractivity contribution >= 4 is 27.7 Å². The molecule has 0 spiro atoms. The zero-order valence-electron chi connectivity index (χ0n) is 8.56. The highest BCUT2D eigenvalue weighted by molar-refractivity contribution is 9.10. The van der Waals surface area contributed by atoms with Crippen molar-refractivity contribution in [2.75, 3.05) is 0 Å². The largest absolute Gasteiger partial charge is 0.326 e. The Hall–Kier alpha value is -0.840. The summed E-state index contributed by atoms with van der Waals surface area (Å²) in [5, 5.41) is 0.976. The van der Waals surface area contributed by atoms with Gasteiger partial charge in [-0.05, 0) is 39.7 Å². The second-order valence-electron chi connectivity index (χ2n) is 3.24. The molecule has 2 nitrogen and oxygen atoms in total. The third-order valence-electron chi connectivity index (χ3n) is 2.08. The standard InChI is InChI=1S/C12H11BrN2S/c13-10-3-1-2-4-11(10)16-12-6-5-9(7-14)8-15-12/h1-6,8H,7,14H2. The van der Waals surface area contributed by atoms with Crippen molar-refractivity contribution in [2.24, 2.45) is 5.73 Å². The zero-order valence-corrected chi connectivity index (χ0v) is 11.0. The van der Waals surface area contributed by atoms with Crippen LogP contribution in [0, 0.1) is 0 Å². The summed E-state index contributed by atoms with van der Waals surface area (Å²) < 4.78 is 1.09. The number of halogens is 1. The summed E-state index contributed by atoms with van der Waals surface area (Å²) in [6, 6.07) is 12.1. The van der Waals surface area contributed by atoms with E-state index in [0.717, 1.165) is 20.0 Å². The Balaban J connectivity index is 2.18. The van der Waals surface area contributed by atoms with Crippen LogP contribution in [0.5, 0.6) is 0 Å². The molecule has 82 valence electrons. The van der Waals surface area contributed by atoms with Gasteiger partial charge in [-0.3, -0.25) is 0 Å². The van der Waals surface area contributed by atoms with Crippen molar-refractivity contribution in [2.45, 2.75) is 16.5 Å². The lowest BCUT2D eigenvalue weighted by Crippen LogP contribution is -1.96. The van der Waals surface area contributed by atoms with Crippen LogP contribution in [0.3, 0.4) is 0 Å². The van der Waals surface area contributed by atoms with Crippen molar-refractivity contribution in [3.63, 3.8) is 0 Å². The number of pyridine rings is 1. The van der Waals surface area contributed by atoms with Gasteiger partial charge in [0.2, 0.25) is 0 Å². The molecular weight excluding hydrogens is 284 g/mol. The molecule has 0 saturated carbocycles. The van der Waals surface area contributed by atoms with E-state index in [4.69, 9.17) is 5.73 Å². The number of benzene rings is 1. The van der Waals surface area contributed by atoms with Gasteiger partial charge in [0.15, 0.2) is 0 Å². The summed E-state index contributed by atoms with van der Waals surface area (Å²) >= 11 is 5.15. The smallest absolute Gasteiger partial charge is 0.101 e. The molecule has 0 amide bonds. The quantitative estimate of drug-likeness (QED) is 0.942. The van der Waals surface area contributed by atoms with Gasteiger partial charge in [-0.25, -0.2) is 4.98 Å². The average Bonchev–Trinajstić information content (AvgIpc) is 2.33. The minimum absolute atomic E-state index is 0.535. The molecule has 2 rings (SSSR count). The first kappa shape index (κ1) is 11.6. The van der Waals surface area contributed by atoms with Crippen LogP contribution in [-0.4, -0.2) is 4.98 Å². The van der Waals surface area contributed by atoms with Crippen LogP contribution in [0.4, 0.5) is 0 Å². The third kappa shape index (κ3) is 2.84. The van der Waals surface area contributed by atoms with E-state index in [0.29, 0.717) is 6.54 Å². The molecule has 0 saturated heterocycles. The van der Waals surface area contributed by atoms with Gasteiger partial charge < -0.3 is 5.73 Å². The molecule has 2 N–H and O–H groups in total. The average molecular weight is 295 g/mol. The molecule has 0 bridgehead atoms. The van der Waals surface area contributed by atoms with Gasteiger partial charge in [0.25, 0.3) is 0 Å². The number of hydrogen-bond donors (Lipinski definition) is 1. The molecule has 1 aromatic heterocycles. The van der Waals surface area contributed by atoms with Crippen molar-refractivity contribution in [1.82, 2.24) is 4.98 Å². The third-order valence-corrected chi connectivity index (χ3v) is 4.06. The Kier molecular flexibility index (Phi) is 3.98. The monoisotopic (exact) mass is 294 g/mol. The molecule has 4 heteroatoms. The van der Waals surface area contributed by atoms with Crippen LogP contribution in [0.2, 0.25) is 0 Å². The van der Waals surface area contributed by atoms with Gasteiger partial charge in [0.1, 0.15) is 5.03 Å². The summed E-state index contributed by atoms with van der Waals surface area (Å²) in [5.41, 5.74) is 6.57. The number of nitrogens with zero attached hydrogens (tertiary/aromatic N) is 1. The molecule has 0 radical (unpaired) electrons. The SMILES string of the molecule is NCc1ccc(Sc2ccccc2Br)nc1. The lowest BCUT2D eigenvalue weighted by atomic mass is 10.3. The molecule has 2 aromatic rings. The molecule has 1 heterocycles. The zero-order chi connectivity index (χ0) is 11.4. The maximum Gasteiger partial charge on any atom is 0.101 e. The topological polar surface area (TPSA) is 38.9 Å². The second kappa shape index (κ2) is 5.48. The number of nitrogens with two attached hydrogens (primary N) is 1. The molecule has 0 unspecified atom stereocenters. The van der Waals surface area contributed by atoms with E-state index in [2.05, 4.69) is 27.0 Å². The predicted molar refractivity (Wildman–Crippen MR) is 70.4 cm³/mol. The normalized spacial score (nSPS) is 10.4. The summed E-state index contributed by atoms with van der Waals surface area (Å²) in [6.07, 6.45) is 1.82. The lowest BCUT2D eigenvalue weighted by Gasteiger charge is -2.03. The minimum atomic E-state index is 0.535. The van der Waals surface area contributed by atoms with Crippen molar-refractivity contribution < 1.29 is 0 Å². The van der Waals surface area contributed by atoms with E-state index >= 15 is 0 Å². The van der Waals surface area contributed by atoms with E-state index < -0.39 is 0 Å². The first-order chi connectivity index (χ1) is 7.79. The summed E-state index contributed by atoms with van der Waals surface area (Å²) in [5.74, 6) is 0. The Morgan fingerprint density at radius 2 is 2.00 bits per heavy atom. The Bertz CT molecular complexity index is 471. The van der Waals surface area contributed by atoms with Gasteiger partial charge in [0.05, 0.1) is 0 Å². The number of rotatable bonds is 3. The maximum atomic E-state index is 5.52. The number of hydrogen-bond acceptors (Lipinski definition) is 3. The van der Waals surface area contributed by atoms with Crippen LogP contribution < -0.4 is 5.73 Å². The molecule has 0 atom stereocenters. The molecule has 16 heavy (non-hydrogen) atoms. The molecule has 0 aliphatic carbocycles. The van der Waals surface area contributed by atoms with Gasteiger partial charge in [-0.1, -0.05) is 30.0 Å². The molecule has 0 aliphatic heterocycles. The van der Waals surface area contributed by atoms with Crippen LogP contribution >= 0.6 is 27.7 Å². The molecule has 0 fully saturated rings. The van der Waals surface area contributed by atoms with Gasteiger partial charge in [0, 0.05) is 22.1 Å². The summed E-state index contributed by atoms with van der Waals surface area (Å²) in [7, 11) is 0. The van der Waals surface area contributed by atoms with E-state index in [1.54, 1.807) is 11.8 Å². The lowest BCUT2D eigenvalue weighted by molar-refractivity contribution is 1.01. The Labute approximate surface area is 107 Å². The van der Waals surface area contributed by atoms with E-state index in [1.165, 1.54) is 0 Å². The van der Waals surface area contributed by atoms with Crippen LogP contribution in [0.1, 0.15) is 5.56 Å². The second-order valence-corrected chi connectivity index (χ2v) is 5.16. The molecule has 0 aliphatic rings. The molecular formula is C12H11BrN2S. The van der Waals surface area contributed by atoms with E-state index in [9.17, 15) is 0 Å². The Morgan fingerprint density at radius 3 is 2.62 bits per heavy atom. The maximum absolute atomic E-state index is 5.52. The van der Waals surface area contributed by atoms with E-state index in [-0.39, 0.29) is 0 Å². The van der Waals surface area contributed by atoms with Crippen molar-refractivity contribution in [3.8, 4) is 0 Å². The first-order valence-electron chi connectivity index (χ1n) is 4.87. The highest BCUT2D eigenvalue weighted by atomic mass is 79.9. The van der Waals surface area contributed by atoms with Gasteiger partial charge in [-0.15, -0.1) is 0 Å². The predicted octanol–water partition coefficient (Wildman–Crippen LogP) is 3.45. The van der Waals surface area contributed by atoms with Gasteiger partial charge in [-0.2, -0.15) is 0 Å². The van der Waals surface area contributed by atoms with Crippen molar-refractivity contribution in [3.05, 3.63) is 52.6 Å². The van der Waals surface area contributed by atoms with Crippen LogP contribution in [0.15, 0.2) is 57.0 Å². The van der Waals surface area contributed by atoms with E-state index in [1.807, 2.05) is 36.5 Å². The summed E-state index contributed by atoms with van der Waals surface area (Å²) in [6.45, 7) is 0.535. The van der Waals surface area contributed by atoms with Gasteiger partial charge >= 0.3 is 0 Å². The Morgan fingerprint density at radius 1 is 1.19 bits per heavy atom. The van der Waals surface area contributed by atoms with Crippen molar-refractivity contribution in [1.29, 1.82) is 0 Å². The fourth-order valence-corrected chi connectivity index (χ4v) is 2.54. The fourth-order valence-electron chi connectivity index (χ4n) is 1.23. The van der Waals surface area contributed by atoms with Crippen LogP contribution in [0.25, 0.3) is 0 Å². The first-order valence-corrected chi connectivity index (χ1v) is 6.48. The van der Waals surface area contributed by atoms with Crippen LogP contribution in [-0.2, 0) is 6.54 Å². The minimum Gasteiger partial charge on any atom is -0.326 e. The molecule has 1 aromatic carbocycles. The number of aromatic nitrogens is 1. The highest BCUT2D eigenvalue weighted by Gasteiger charge is 2.02.